The fourth-order valence-corrected chi connectivity index (χ4v) is 5.24. The van der Waals surface area contributed by atoms with Crippen molar-refractivity contribution >= 4 is 49.3 Å². The lowest BCUT2D eigenvalue weighted by Crippen LogP contribution is -2.36. The lowest BCUT2D eigenvalue weighted by molar-refractivity contribution is -0.138. The van der Waals surface area contributed by atoms with Gasteiger partial charge >= 0.3 is 5.97 Å². The molecule has 1 unspecified atom stereocenters. The number of esters is 1. The Balaban J connectivity index is 2.48. The topological polar surface area (TPSA) is 92.9 Å². The minimum absolute atomic E-state index is 0.0775. The van der Waals surface area contributed by atoms with Crippen LogP contribution in [-0.2, 0) is 19.1 Å². The zero-order valence-electron chi connectivity index (χ0n) is 21.2. The predicted molar refractivity (Wildman–Crippen MR) is 146 cm³/mol. The molecule has 1 atom stereocenters. The van der Waals surface area contributed by atoms with E-state index in [4.69, 9.17) is 22.1 Å². The molecule has 2 amide bonds. The molecule has 1 aromatic carbocycles. The molecule has 0 fully saturated rings. The molecule has 0 spiro atoms. The smallest absolute Gasteiger partial charge is 0.325 e. The lowest BCUT2D eigenvalue weighted by atomic mass is 9.90. The van der Waals surface area contributed by atoms with Crippen LogP contribution < -0.4 is 15.5 Å². The zero-order valence-corrected chi connectivity index (χ0v) is 23.0. The second-order valence-corrected chi connectivity index (χ2v) is 10.6. The molecule has 0 saturated heterocycles. The number of rotatable bonds is 14. The fraction of sp³-hybridized carbons (Fsp3) is 0.577. The first-order valence-electron chi connectivity index (χ1n) is 12.5. The Labute approximate surface area is 216 Å². The van der Waals surface area contributed by atoms with Gasteiger partial charge in [0.1, 0.15) is 6.54 Å². The van der Waals surface area contributed by atoms with Gasteiger partial charge in [-0.1, -0.05) is 44.7 Å². The number of nitrogens with two attached hydrogens (primary N) is 1. The van der Waals surface area contributed by atoms with Crippen molar-refractivity contribution in [3.8, 4) is 0 Å². The minimum atomic E-state index is -0.513. The number of amides is 2. The van der Waals surface area contributed by atoms with E-state index in [9.17, 15) is 14.4 Å². The van der Waals surface area contributed by atoms with Crippen LogP contribution in [0.1, 0.15) is 65.2 Å². The van der Waals surface area contributed by atoms with Crippen LogP contribution in [0.5, 0.6) is 0 Å². The van der Waals surface area contributed by atoms with E-state index in [-0.39, 0.29) is 18.4 Å². The van der Waals surface area contributed by atoms with Gasteiger partial charge in [0, 0.05) is 29.7 Å². The zero-order chi connectivity index (χ0) is 25.8. The number of carbonyl (C=O) groups excluding carboxylic acids is 3. The first-order chi connectivity index (χ1) is 16.8. The van der Waals surface area contributed by atoms with Gasteiger partial charge in [-0.3, -0.25) is 14.4 Å². The lowest BCUT2D eigenvalue weighted by Gasteiger charge is -2.29. The number of methoxy groups -OCH3 is 1. The van der Waals surface area contributed by atoms with Crippen molar-refractivity contribution in [1.82, 2.24) is 0 Å². The second kappa shape index (κ2) is 15.1. The van der Waals surface area contributed by atoms with Crippen LogP contribution in [0.15, 0.2) is 29.3 Å². The van der Waals surface area contributed by atoms with Gasteiger partial charge < -0.3 is 20.3 Å². The molecular formula is C26H39ClN3O4P. The Bertz CT molecular complexity index is 922. The average Bonchev–Trinajstić information content (AvgIpc) is 2.86. The normalized spacial score (nSPS) is 13.8. The summed E-state index contributed by atoms with van der Waals surface area (Å²) >= 11 is 6.58. The van der Waals surface area contributed by atoms with Gasteiger partial charge in [-0.2, -0.15) is 0 Å². The summed E-state index contributed by atoms with van der Waals surface area (Å²) in [7, 11) is 1.99. The number of halogens is 1. The van der Waals surface area contributed by atoms with E-state index in [2.05, 4.69) is 13.8 Å². The van der Waals surface area contributed by atoms with Crippen molar-refractivity contribution in [3.05, 3.63) is 34.4 Å². The van der Waals surface area contributed by atoms with E-state index in [0.717, 1.165) is 44.7 Å². The molecule has 2 rings (SSSR count). The van der Waals surface area contributed by atoms with Crippen LogP contribution >= 0.6 is 20.2 Å². The Hall–Kier alpha value is -2.11. The first-order valence-corrected chi connectivity index (χ1v) is 14.3. The van der Waals surface area contributed by atoms with Crippen LogP contribution in [0.25, 0.3) is 0 Å². The predicted octanol–water partition coefficient (Wildman–Crippen LogP) is 5.24. The van der Waals surface area contributed by atoms with Crippen LogP contribution in [0.3, 0.4) is 0 Å². The molecule has 0 radical (unpaired) electrons. The molecule has 35 heavy (non-hydrogen) atoms. The SMILES string of the molecule is CCCCCCN(C(=O)C1=C(C(N)=O)CCCC1)c1ccc(Cl)c(N(CPCC)CC(=O)OC)c1. The van der Waals surface area contributed by atoms with E-state index in [1.165, 1.54) is 7.11 Å². The van der Waals surface area contributed by atoms with E-state index < -0.39 is 5.91 Å². The Kier molecular flexibility index (Phi) is 12.6. The van der Waals surface area contributed by atoms with Crippen LogP contribution in [0, 0.1) is 0 Å². The molecule has 0 bridgehead atoms. The monoisotopic (exact) mass is 523 g/mol. The van der Waals surface area contributed by atoms with Crippen molar-refractivity contribution in [1.29, 1.82) is 0 Å². The van der Waals surface area contributed by atoms with E-state index in [1.54, 1.807) is 11.0 Å². The van der Waals surface area contributed by atoms with Crippen molar-refractivity contribution in [2.45, 2.75) is 65.2 Å². The number of hydrogen-bond acceptors (Lipinski definition) is 5. The van der Waals surface area contributed by atoms with E-state index in [0.29, 0.717) is 61.8 Å². The summed E-state index contributed by atoms with van der Waals surface area (Å²) in [6.07, 6.45) is 8.50. The summed E-state index contributed by atoms with van der Waals surface area (Å²) in [5.41, 5.74) is 7.99. The van der Waals surface area contributed by atoms with Gasteiger partial charge in [0.05, 0.1) is 17.8 Å². The number of hydrogen-bond donors (Lipinski definition) is 1. The molecule has 194 valence electrons. The standard InChI is InChI=1S/C26H39ClN3O4P/c1-4-6-7-10-15-30(26(33)21-12-9-8-11-20(21)25(28)32)19-13-14-22(27)23(16-19)29(18-35-5-2)17-24(31)34-3/h13-14,16,35H,4-12,15,17-18H2,1-3H3,(H2,28,32). The Morgan fingerprint density at radius 3 is 2.43 bits per heavy atom. The largest absolute Gasteiger partial charge is 0.468 e. The third-order valence-corrected chi connectivity index (χ3v) is 7.61. The molecule has 0 saturated carbocycles. The van der Waals surface area contributed by atoms with E-state index in [1.807, 2.05) is 17.0 Å². The average molecular weight is 524 g/mol. The third kappa shape index (κ3) is 8.50. The molecule has 0 heterocycles. The highest BCUT2D eigenvalue weighted by atomic mass is 35.5. The number of anilines is 2. The summed E-state index contributed by atoms with van der Waals surface area (Å²) in [4.78, 5) is 41.6. The molecular weight excluding hydrogens is 485 g/mol. The highest BCUT2D eigenvalue weighted by molar-refractivity contribution is 7.38. The number of unbranched alkanes of at least 4 members (excludes halogenated alkanes) is 3. The quantitative estimate of drug-likeness (QED) is 0.204. The highest BCUT2D eigenvalue weighted by Gasteiger charge is 2.28. The Morgan fingerprint density at radius 1 is 1.09 bits per heavy atom. The number of benzene rings is 1. The molecule has 1 aromatic rings. The summed E-state index contributed by atoms with van der Waals surface area (Å²) in [6, 6.07) is 5.47. The van der Waals surface area contributed by atoms with Gasteiger partial charge in [-0.05, 0) is 56.5 Å². The molecule has 2 N–H and O–H groups in total. The maximum absolute atomic E-state index is 13.8. The number of primary amides is 1. The third-order valence-electron chi connectivity index (χ3n) is 6.19. The maximum Gasteiger partial charge on any atom is 0.325 e. The van der Waals surface area contributed by atoms with Crippen molar-refractivity contribution in [2.24, 2.45) is 5.73 Å². The van der Waals surface area contributed by atoms with Crippen molar-refractivity contribution in [3.63, 3.8) is 0 Å². The molecule has 1 aliphatic rings. The van der Waals surface area contributed by atoms with Crippen molar-refractivity contribution < 1.29 is 19.1 Å². The summed E-state index contributed by atoms with van der Waals surface area (Å²) in [5.74, 6) is -1.03. The first kappa shape index (κ1) is 29.1. The van der Waals surface area contributed by atoms with Gasteiger partial charge in [0.2, 0.25) is 5.91 Å². The molecule has 7 nitrogen and oxygen atoms in total. The van der Waals surface area contributed by atoms with E-state index >= 15 is 0 Å². The van der Waals surface area contributed by atoms with Gasteiger partial charge in [0.15, 0.2) is 0 Å². The summed E-state index contributed by atoms with van der Waals surface area (Å²) in [6.45, 7) is 4.85. The van der Waals surface area contributed by atoms with Gasteiger partial charge in [0.25, 0.3) is 5.91 Å². The second-order valence-electron chi connectivity index (χ2n) is 8.72. The minimum Gasteiger partial charge on any atom is -0.468 e. The van der Waals surface area contributed by atoms with Gasteiger partial charge in [-0.15, -0.1) is 8.58 Å². The maximum atomic E-state index is 13.8. The molecule has 9 heteroatoms. The fourth-order valence-electron chi connectivity index (χ4n) is 4.23. The number of carbonyl (C=O) groups is 3. The summed E-state index contributed by atoms with van der Waals surface area (Å²) in [5, 5.41) is 0.506. The van der Waals surface area contributed by atoms with Crippen LogP contribution in [0.2, 0.25) is 5.02 Å². The molecule has 0 aliphatic heterocycles. The number of nitrogens with zero attached hydrogens (tertiary/aromatic N) is 2. The van der Waals surface area contributed by atoms with Gasteiger partial charge in [-0.25, -0.2) is 0 Å². The van der Waals surface area contributed by atoms with Crippen LogP contribution in [-0.4, -0.2) is 50.4 Å². The van der Waals surface area contributed by atoms with Crippen molar-refractivity contribution in [2.75, 3.05) is 42.4 Å². The highest BCUT2D eigenvalue weighted by Crippen LogP contribution is 2.34. The molecule has 1 aliphatic carbocycles. The van der Waals surface area contributed by atoms with Crippen LogP contribution in [0.4, 0.5) is 11.4 Å². The Morgan fingerprint density at radius 2 is 1.80 bits per heavy atom. The number of ether oxygens (including phenoxy) is 1. The molecule has 0 aromatic heterocycles. The summed E-state index contributed by atoms with van der Waals surface area (Å²) < 4.78 is 4.89.